The molecule has 0 unspecified atom stereocenters. The van der Waals surface area contributed by atoms with Gasteiger partial charge in [-0.15, -0.1) is 0 Å². The van der Waals surface area contributed by atoms with Gasteiger partial charge in [-0.2, -0.15) is 0 Å². The molecule has 0 fully saturated rings. The fraction of sp³-hybridized carbons (Fsp3) is 0.400. The van der Waals surface area contributed by atoms with Crippen molar-refractivity contribution < 1.29 is 9.18 Å². The SMILES string of the molecule is CC(C)[C@@H](C)NC(=O)Cn1cnc2ccc(F)cc2c1=O. The van der Waals surface area contributed by atoms with Crippen LogP contribution in [0.15, 0.2) is 29.3 Å². The topological polar surface area (TPSA) is 64.0 Å². The fourth-order valence-corrected chi connectivity index (χ4v) is 1.86. The number of amides is 1. The molecule has 1 heterocycles. The van der Waals surface area contributed by atoms with Gasteiger partial charge in [0.2, 0.25) is 5.91 Å². The number of hydrogen-bond acceptors (Lipinski definition) is 3. The summed E-state index contributed by atoms with van der Waals surface area (Å²) in [4.78, 5) is 28.2. The Hall–Kier alpha value is -2.24. The number of halogens is 1. The maximum atomic E-state index is 13.2. The molecule has 0 aliphatic rings. The number of carbonyl (C=O) groups is 1. The first kappa shape index (κ1) is 15.2. The molecule has 21 heavy (non-hydrogen) atoms. The van der Waals surface area contributed by atoms with E-state index in [1.165, 1.54) is 23.0 Å². The summed E-state index contributed by atoms with van der Waals surface area (Å²) in [6.45, 7) is 5.77. The second kappa shape index (κ2) is 6.03. The lowest BCUT2D eigenvalue weighted by Gasteiger charge is -2.17. The second-order valence-corrected chi connectivity index (χ2v) is 5.44. The average Bonchev–Trinajstić information content (AvgIpc) is 2.42. The van der Waals surface area contributed by atoms with E-state index in [-0.39, 0.29) is 23.9 Å². The standard InChI is InChI=1S/C15H18FN3O2/c1-9(2)10(3)18-14(20)7-19-8-17-13-5-4-11(16)6-12(13)15(19)21/h4-6,8-10H,7H2,1-3H3,(H,18,20)/t10-/m1/s1. The van der Waals surface area contributed by atoms with Gasteiger partial charge in [-0.3, -0.25) is 14.2 Å². The number of hydrogen-bond donors (Lipinski definition) is 1. The van der Waals surface area contributed by atoms with E-state index < -0.39 is 11.4 Å². The largest absolute Gasteiger partial charge is 0.352 e. The summed E-state index contributed by atoms with van der Waals surface area (Å²) >= 11 is 0. The molecule has 0 saturated heterocycles. The molecule has 5 nitrogen and oxygen atoms in total. The van der Waals surface area contributed by atoms with E-state index >= 15 is 0 Å². The highest BCUT2D eigenvalue weighted by molar-refractivity contribution is 5.79. The molecule has 1 atom stereocenters. The van der Waals surface area contributed by atoms with E-state index in [1.54, 1.807) is 0 Å². The number of nitrogens with one attached hydrogen (secondary N) is 1. The van der Waals surface area contributed by atoms with E-state index in [4.69, 9.17) is 0 Å². The lowest BCUT2D eigenvalue weighted by Crippen LogP contribution is -2.39. The van der Waals surface area contributed by atoms with Crippen molar-refractivity contribution in [2.45, 2.75) is 33.4 Å². The third kappa shape index (κ3) is 3.45. The minimum Gasteiger partial charge on any atom is -0.352 e. The van der Waals surface area contributed by atoms with Crippen molar-refractivity contribution in [3.63, 3.8) is 0 Å². The Labute approximate surface area is 121 Å². The zero-order chi connectivity index (χ0) is 15.6. The molecule has 0 aliphatic carbocycles. The molecule has 1 aromatic carbocycles. The highest BCUT2D eigenvalue weighted by Crippen LogP contribution is 2.08. The smallest absolute Gasteiger partial charge is 0.261 e. The molecule has 0 radical (unpaired) electrons. The molecule has 1 amide bonds. The normalized spacial score (nSPS) is 12.6. The van der Waals surface area contributed by atoms with Crippen molar-refractivity contribution in [3.05, 3.63) is 40.7 Å². The van der Waals surface area contributed by atoms with Gasteiger partial charge in [-0.05, 0) is 31.0 Å². The van der Waals surface area contributed by atoms with Crippen LogP contribution in [0.2, 0.25) is 0 Å². The van der Waals surface area contributed by atoms with Crippen molar-refractivity contribution in [1.82, 2.24) is 14.9 Å². The quantitative estimate of drug-likeness (QED) is 0.932. The first-order chi connectivity index (χ1) is 9.88. The van der Waals surface area contributed by atoms with Gasteiger partial charge in [-0.1, -0.05) is 13.8 Å². The molecule has 0 spiro atoms. The molecular weight excluding hydrogens is 273 g/mol. The first-order valence-corrected chi connectivity index (χ1v) is 6.82. The number of carbonyl (C=O) groups excluding carboxylic acids is 1. The van der Waals surface area contributed by atoms with Crippen LogP contribution in [0.25, 0.3) is 10.9 Å². The van der Waals surface area contributed by atoms with Crippen LogP contribution in [0.3, 0.4) is 0 Å². The van der Waals surface area contributed by atoms with Gasteiger partial charge >= 0.3 is 0 Å². The van der Waals surface area contributed by atoms with Gasteiger partial charge in [-0.25, -0.2) is 9.37 Å². The maximum Gasteiger partial charge on any atom is 0.261 e. The summed E-state index contributed by atoms with van der Waals surface area (Å²) in [5, 5.41) is 2.98. The van der Waals surface area contributed by atoms with Gasteiger partial charge < -0.3 is 5.32 Å². The number of rotatable bonds is 4. The zero-order valence-corrected chi connectivity index (χ0v) is 12.3. The third-order valence-electron chi connectivity index (χ3n) is 3.49. The van der Waals surface area contributed by atoms with Gasteiger partial charge in [0.05, 0.1) is 17.2 Å². The number of benzene rings is 1. The number of fused-ring (bicyclic) bond motifs is 1. The summed E-state index contributed by atoms with van der Waals surface area (Å²) in [5.41, 5.74) is -0.0135. The van der Waals surface area contributed by atoms with E-state index in [0.29, 0.717) is 11.4 Å². The van der Waals surface area contributed by atoms with Gasteiger partial charge in [0, 0.05) is 6.04 Å². The third-order valence-corrected chi connectivity index (χ3v) is 3.49. The summed E-state index contributed by atoms with van der Waals surface area (Å²) < 4.78 is 14.4. The number of nitrogens with zero attached hydrogens (tertiary/aromatic N) is 2. The summed E-state index contributed by atoms with van der Waals surface area (Å²) in [5.74, 6) is -0.470. The van der Waals surface area contributed by atoms with Gasteiger partial charge in [0.25, 0.3) is 5.56 Å². The highest BCUT2D eigenvalue weighted by atomic mass is 19.1. The molecule has 1 N–H and O–H groups in total. The summed E-state index contributed by atoms with van der Waals surface area (Å²) in [6.07, 6.45) is 1.31. The Morgan fingerprint density at radius 3 is 2.76 bits per heavy atom. The minimum absolute atomic E-state index is 0.0130. The van der Waals surface area contributed by atoms with Gasteiger partial charge in [0.15, 0.2) is 0 Å². The minimum atomic E-state index is -0.503. The van der Waals surface area contributed by atoms with Crippen molar-refractivity contribution >= 4 is 16.8 Å². The molecular formula is C15H18FN3O2. The van der Waals surface area contributed by atoms with Crippen LogP contribution in [-0.2, 0) is 11.3 Å². The summed E-state index contributed by atoms with van der Waals surface area (Å²) in [6, 6.07) is 3.84. The maximum absolute atomic E-state index is 13.2. The van der Waals surface area contributed by atoms with Crippen molar-refractivity contribution in [2.24, 2.45) is 5.92 Å². The van der Waals surface area contributed by atoms with Crippen molar-refractivity contribution in [3.8, 4) is 0 Å². The summed E-state index contributed by atoms with van der Waals surface area (Å²) in [7, 11) is 0. The molecule has 2 rings (SSSR count). The Morgan fingerprint density at radius 2 is 2.10 bits per heavy atom. The molecule has 2 aromatic rings. The van der Waals surface area contributed by atoms with Crippen LogP contribution in [0.4, 0.5) is 4.39 Å². The van der Waals surface area contributed by atoms with Crippen LogP contribution in [-0.4, -0.2) is 21.5 Å². The Balaban J connectivity index is 2.25. The van der Waals surface area contributed by atoms with E-state index in [1.807, 2.05) is 20.8 Å². The molecule has 0 saturated carbocycles. The lowest BCUT2D eigenvalue weighted by atomic mass is 10.1. The van der Waals surface area contributed by atoms with Crippen LogP contribution in [0.5, 0.6) is 0 Å². The lowest BCUT2D eigenvalue weighted by molar-refractivity contribution is -0.122. The fourth-order valence-electron chi connectivity index (χ4n) is 1.86. The molecule has 0 aliphatic heterocycles. The molecule has 112 valence electrons. The Kier molecular flexibility index (Phi) is 4.35. The van der Waals surface area contributed by atoms with Crippen LogP contribution >= 0.6 is 0 Å². The van der Waals surface area contributed by atoms with Crippen molar-refractivity contribution in [2.75, 3.05) is 0 Å². The molecule has 0 bridgehead atoms. The highest BCUT2D eigenvalue weighted by Gasteiger charge is 2.13. The monoisotopic (exact) mass is 291 g/mol. The predicted molar refractivity (Wildman–Crippen MR) is 78.4 cm³/mol. The first-order valence-electron chi connectivity index (χ1n) is 6.82. The van der Waals surface area contributed by atoms with Gasteiger partial charge in [0.1, 0.15) is 12.4 Å². The Bertz CT molecular complexity index is 724. The van der Waals surface area contributed by atoms with Crippen LogP contribution < -0.4 is 10.9 Å². The molecule has 6 heteroatoms. The predicted octanol–water partition coefficient (Wildman–Crippen LogP) is 1.70. The van der Waals surface area contributed by atoms with Crippen LogP contribution in [0, 0.1) is 11.7 Å². The second-order valence-electron chi connectivity index (χ2n) is 5.44. The zero-order valence-electron chi connectivity index (χ0n) is 12.3. The number of aromatic nitrogens is 2. The van der Waals surface area contributed by atoms with E-state index in [2.05, 4.69) is 10.3 Å². The van der Waals surface area contributed by atoms with E-state index in [0.717, 1.165) is 6.07 Å². The molecule has 1 aromatic heterocycles. The Morgan fingerprint density at radius 1 is 1.38 bits per heavy atom. The average molecular weight is 291 g/mol. The van der Waals surface area contributed by atoms with Crippen LogP contribution in [0.1, 0.15) is 20.8 Å². The van der Waals surface area contributed by atoms with E-state index in [9.17, 15) is 14.0 Å². The van der Waals surface area contributed by atoms with Crippen molar-refractivity contribution in [1.29, 1.82) is 0 Å².